The highest BCUT2D eigenvalue weighted by Crippen LogP contribution is 2.18. The number of nitrogens with zero attached hydrogens (tertiary/aromatic N) is 2. The molecule has 0 aliphatic carbocycles. The Morgan fingerprint density at radius 3 is 2.89 bits per heavy atom. The number of carbonyl (C=O) groups excluding carboxylic acids is 1. The van der Waals surface area contributed by atoms with Crippen molar-refractivity contribution in [3.8, 4) is 0 Å². The summed E-state index contributed by atoms with van der Waals surface area (Å²) in [5.41, 5.74) is 0.00439. The molecule has 1 aromatic heterocycles. The first-order chi connectivity index (χ1) is 8.70. The Morgan fingerprint density at radius 1 is 1.39 bits per heavy atom. The van der Waals surface area contributed by atoms with Gasteiger partial charge in [-0.2, -0.15) is 0 Å². The normalized spacial score (nSPS) is 10.3. The van der Waals surface area contributed by atoms with E-state index in [4.69, 9.17) is 0 Å². The SMILES string of the molecule is CCCc1nnc(NC(=O)c2ccccc2F)s1. The lowest BCUT2D eigenvalue weighted by atomic mass is 10.2. The van der Waals surface area contributed by atoms with Crippen LogP contribution in [0.3, 0.4) is 0 Å². The molecule has 0 atom stereocenters. The molecule has 0 unspecified atom stereocenters. The van der Waals surface area contributed by atoms with E-state index >= 15 is 0 Å². The Morgan fingerprint density at radius 2 is 2.17 bits per heavy atom. The first-order valence-corrected chi connectivity index (χ1v) is 6.40. The smallest absolute Gasteiger partial charge is 0.260 e. The number of carbonyl (C=O) groups is 1. The maximum Gasteiger partial charge on any atom is 0.260 e. The number of aryl methyl sites for hydroxylation is 1. The van der Waals surface area contributed by atoms with Gasteiger partial charge in [-0.1, -0.05) is 30.4 Å². The highest BCUT2D eigenvalue weighted by atomic mass is 32.1. The summed E-state index contributed by atoms with van der Waals surface area (Å²) in [6.07, 6.45) is 1.79. The van der Waals surface area contributed by atoms with Crippen LogP contribution in [0.5, 0.6) is 0 Å². The molecule has 0 spiro atoms. The van der Waals surface area contributed by atoms with Crippen LogP contribution in [0.25, 0.3) is 0 Å². The van der Waals surface area contributed by atoms with E-state index in [2.05, 4.69) is 15.5 Å². The summed E-state index contributed by atoms with van der Waals surface area (Å²) in [4.78, 5) is 11.8. The minimum absolute atomic E-state index is 0.00439. The van der Waals surface area contributed by atoms with Gasteiger partial charge in [0.25, 0.3) is 5.91 Å². The molecule has 6 heteroatoms. The van der Waals surface area contributed by atoms with Crippen LogP contribution in [0.2, 0.25) is 0 Å². The predicted octanol–water partition coefficient (Wildman–Crippen LogP) is 2.88. The fourth-order valence-electron chi connectivity index (χ4n) is 1.43. The van der Waals surface area contributed by atoms with Crippen molar-refractivity contribution in [1.29, 1.82) is 0 Å². The molecule has 1 N–H and O–H groups in total. The molecule has 0 saturated heterocycles. The molecule has 1 aromatic carbocycles. The van der Waals surface area contributed by atoms with E-state index in [1.54, 1.807) is 6.07 Å². The second-order valence-corrected chi connectivity index (χ2v) is 4.75. The van der Waals surface area contributed by atoms with Gasteiger partial charge in [0.05, 0.1) is 5.56 Å². The Bertz CT molecular complexity index is 556. The van der Waals surface area contributed by atoms with Gasteiger partial charge in [0.15, 0.2) is 0 Å². The number of nitrogens with one attached hydrogen (secondary N) is 1. The minimum atomic E-state index is -0.548. The molecule has 0 aliphatic rings. The van der Waals surface area contributed by atoms with Gasteiger partial charge in [0, 0.05) is 6.42 Å². The highest BCUT2D eigenvalue weighted by Gasteiger charge is 2.13. The van der Waals surface area contributed by atoms with Gasteiger partial charge in [-0.25, -0.2) is 4.39 Å². The van der Waals surface area contributed by atoms with Crippen molar-refractivity contribution in [2.75, 3.05) is 5.32 Å². The van der Waals surface area contributed by atoms with Crippen molar-refractivity contribution >= 4 is 22.4 Å². The van der Waals surface area contributed by atoms with Gasteiger partial charge < -0.3 is 0 Å². The third-order valence-electron chi connectivity index (χ3n) is 2.27. The number of amides is 1. The molecule has 4 nitrogen and oxygen atoms in total. The van der Waals surface area contributed by atoms with Crippen molar-refractivity contribution in [3.63, 3.8) is 0 Å². The Kier molecular flexibility index (Phi) is 3.99. The molecule has 0 saturated carbocycles. The maximum absolute atomic E-state index is 13.4. The average molecular weight is 265 g/mol. The van der Waals surface area contributed by atoms with Crippen LogP contribution in [-0.2, 0) is 6.42 Å². The number of hydrogen-bond donors (Lipinski definition) is 1. The van der Waals surface area contributed by atoms with Gasteiger partial charge in [-0.15, -0.1) is 10.2 Å². The van der Waals surface area contributed by atoms with E-state index in [0.29, 0.717) is 5.13 Å². The van der Waals surface area contributed by atoms with Crippen LogP contribution in [0.15, 0.2) is 24.3 Å². The van der Waals surface area contributed by atoms with E-state index in [-0.39, 0.29) is 5.56 Å². The summed E-state index contributed by atoms with van der Waals surface area (Å²) in [7, 11) is 0. The molecule has 1 heterocycles. The van der Waals surface area contributed by atoms with Crippen LogP contribution in [-0.4, -0.2) is 16.1 Å². The first kappa shape index (κ1) is 12.6. The molecule has 0 fully saturated rings. The lowest BCUT2D eigenvalue weighted by Crippen LogP contribution is -2.13. The molecule has 94 valence electrons. The van der Waals surface area contributed by atoms with E-state index in [0.717, 1.165) is 17.8 Å². The van der Waals surface area contributed by atoms with E-state index in [9.17, 15) is 9.18 Å². The molecule has 0 bridgehead atoms. The average Bonchev–Trinajstić information content (AvgIpc) is 2.77. The molecule has 0 radical (unpaired) electrons. The van der Waals surface area contributed by atoms with Crippen LogP contribution >= 0.6 is 11.3 Å². The third-order valence-corrected chi connectivity index (χ3v) is 3.17. The quantitative estimate of drug-likeness (QED) is 0.924. The molecule has 1 amide bonds. The van der Waals surface area contributed by atoms with Gasteiger partial charge in [0.2, 0.25) is 5.13 Å². The number of halogens is 1. The third kappa shape index (κ3) is 2.89. The van der Waals surface area contributed by atoms with Crippen molar-refractivity contribution in [2.24, 2.45) is 0 Å². The standard InChI is InChI=1S/C12H12FN3OS/c1-2-5-10-15-16-12(18-10)14-11(17)8-6-3-4-7-9(8)13/h3-4,6-7H,2,5H2,1H3,(H,14,16,17). The number of rotatable bonds is 4. The van der Waals surface area contributed by atoms with Crippen LogP contribution < -0.4 is 5.32 Å². The minimum Gasteiger partial charge on any atom is -0.296 e. The van der Waals surface area contributed by atoms with Gasteiger partial charge >= 0.3 is 0 Å². The zero-order valence-corrected chi connectivity index (χ0v) is 10.6. The van der Waals surface area contributed by atoms with Gasteiger partial charge in [-0.05, 0) is 18.6 Å². The molecular formula is C12H12FN3OS. The molecule has 2 aromatic rings. The maximum atomic E-state index is 13.4. The van der Waals surface area contributed by atoms with Crippen LogP contribution in [0.1, 0.15) is 28.7 Å². The molecule has 2 rings (SSSR count). The first-order valence-electron chi connectivity index (χ1n) is 5.59. The summed E-state index contributed by atoms with van der Waals surface area (Å²) in [6, 6.07) is 5.83. The fourth-order valence-corrected chi connectivity index (χ4v) is 2.27. The van der Waals surface area contributed by atoms with Crippen LogP contribution in [0.4, 0.5) is 9.52 Å². The second-order valence-electron chi connectivity index (χ2n) is 3.68. The van der Waals surface area contributed by atoms with Crippen LogP contribution in [0, 0.1) is 5.82 Å². The van der Waals surface area contributed by atoms with Crippen molar-refractivity contribution < 1.29 is 9.18 Å². The summed E-state index contributed by atoms with van der Waals surface area (Å²) >= 11 is 1.31. The molecule has 18 heavy (non-hydrogen) atoms. The number of aromatic nitrogens is 2. The molecule has 0 aliphatic heterocycles. The zero-order chi connectivity index (χ0) is 13.0. The number of hydrogen-bond acceptors (Lipinski definition) is 4. The summed E-state index contributed by atoms with van der Waals surface area (Å²) in [5.74, 6) is -1.06. The summed E-state index contributed by atoms with van der Waals surface area (Å²) < 4.78 is 13.4. The van der Waals surface area contributed by atoms with E-state index in [1.807, 2.05) is 6.92 Å². The zero-order valence-electron chi connectivity index (χ0n) is 9.81. The summed E-state index contributed by atoms with van der Waals surface area (Å²) in [6.45, 7) is 2.04. The number of anilines is 1. The lowest BCUT2D eigenvalue weighted by molar-refractivity contribution is 0.102. The summed E-state index contributed by atoms with van der Waals surface area (Å²) in [5, 5.41) is 11.6. The monoisotopic (exact) mass is 265 g/mol. The van der Waals surface area contributed by atoms with Crippen molar-refractivity contribution in [3.05, 3.63) is 40.7 Å². The fraction of sp³-hybridized carbons (Fsp3) is 0.250. The van der Waals surface area contributed by atoms with Crippen molar-refractivity contribution in [2.45, 2.75) is 19.8 Å². The Balaban J connectivity index is 2.09. The van der Waals surface area contributed by atoms with Crippen molar-refractivity contribution in [1.82, 2.24) is 10.2 Å². The van der Waals surface area contributed by atoms with E-state index in [1.165, 1.54) is 29.5 Å². The van der Waals surface area contributed by atoms with Gasteiger partial charge in [-0.3, -0.25) is 10.1 Å². The highest BCUT2D eigenvalue weighted by molar-refractivity contribution is 7.15. The topological polar surface area (TPSA) is 54.9 Å². The lowest BCUT2D eigenvalue weighted by Gasteiger charge is -2.01. The van der Waals surface area contributed by atoms with E-state index < -0.39 is 11.7 Å². The number of benzene rings is 1. The largest absolute Gasteiger partial charge is 0.296 e. The molecular weight excluding hydrogens is 253 g/mol. The second kappa shape index (κ2) is 5.68. The Hall–Kier alpha value is -1.82. The Labute approximate surface area is 108 Å². The van der Waals surface area contributed by atoms with Gasteiger partial charge in [0.1, 0.15) is 10.8 Å². The predicted molar refractivity (Wildman–Crippen MR) is 68.3 cm³/mol.